The minimum Gasteiger partial charge on any atom is -0.326 e. The van der Waals surface area contributed by atoms with Gasteiger partial charge in [0, 0.05) is 18.7 Å². The van der Waals surface area contributed by atoms with Crippen molar-refractivity contribution in [2.45, 2.75) is 45.3 Å². The second-order valence-corrected chi connectivity index (χ2v) is 7.51. The van der Waals surface area contributed by atoms with Gasteiger partial charge in [0.05, 0.1) is 5.25 Å². The molecular formula is C17H22N2O2S2. The molecule has 1 aromatic carbocycles. The van der Waals surface area contributed by atoms with Crippen molar-refractivity contribution in [3.05, 3.63) is 29.3 Å². The maximum atomic E-state index is 12.1. The molecule has 23 heavy (non-hydrogen) atoms. The number of carbonyl (C=O) groups excluding carboxylic acids is 2. The fraction of sp³-hybridized carbons (Fsp3) is 0.471. The molecule has 0 bridgehead atoms. The largest absolute Gasteiger partial charge is 0.326 e. The number of anilines is 1. The van der Waals surface area contributed by atoms with Crippen LogP contribution in [0.3, 0.4) is 0 Å². The van der Waals surface area contributed by atoms with Crippen LogP contribution in [0.1, 0.15) is 37.3 Å². The predicted molar refractivity (Wildman–Crippen MR) is 99.8 cm³/mol. The zero-order valence-corrected chi connectivity index (χ0v) is 15.4. The molecule has 0 radical (unpaired) electrons. The summed E-state index contributed by atoms with van der Waals surface area (Å²) in [5, 5.41) is 2.89. The standard InChI is InChI=1S/C17H22N2O2S2/c1-4-14-16(21)19(17(22)23-14)10-6-9-15(20)18-13-8-5-7-11(2)12(13)3/h5,7-8,14H,4,6,9-10H2,1-3H3,(H,18,20). The Morgan fingerprint density at radius 2 is 2.13 bits per heavy atom. The number of nitrogens with one attached hydrogen (secondary N) is 1. The van der Waals surface area contributed by atoms with Crippen molar-refractivity contribution in [3.8, 4) is 0 Å². The van der Waals surface area contributed by atoms with E-state index in [2.05, 4.69) is 5.32 Å². The number of rotatable bonds is 6. The van der Waals surface area contributed by atoms with Gasteiger partial charge >= 0.3 is 0 Å². The van der Waals surface area contributed by atoms with Gasteiger partial charge in [0.15, 0.2) is 0 Å². The second kappa shape index (κ2) is 7.93. The molecule has 0 aromatic heterocycles. The summed E-state index contributed by atoms with van der Waals surface area (Å²) >= 11 is 6.70. The average Bonchev–Trinajstić information content (AvgIpc) is 2.79. The van der Waals surface area contributed by atoms with E-state index in [1.807, 2.05) is 39.0 Å². The van der Waals surface area contributed by atoms with Gasteiger partial charge in [0.1, 0.15) is 4.32 Å². The number of nitrogens with zero attached hydrogens (tertiary/aromatic N) is 1. The lowest BCUT2D eigenvalue weighted by Crippen LogP contribution is -2.32. The Balaban J connectivity index is 1.82. The smallest absolute Gasteiger partial charge is 0.241 e. The maximum Gasteiger partial charge on any atom is 0.241 e. The first-order chi connectivity index (χ1) is 10.9. The highest BCUT2D eigenvalue weighted by Gasteiger charge is 2.35. The van der Waals surface area contributed by atoms with E-state index in [1.54, 1.807) is 4.90 Å². The third kappa shape index (κ3) is 4.32. The molecule has 0 saturated carbocycles. The zero-order chi connectivity index (χ0) is 17.0. The highest BCUT2D eigenvalue weighted by Crippen LogP contribution is 2.29. The van der Waals surface area contributed by atoms with Crippen molar-refractivity contribution < 1.29 is 9.59 Å². The van der Waals surface area contributed by atoms with Gasteiger partial charge < -0.3 is 5.32 Å². The number of aryl methyl sites for hydroxylation is 1. The van der Waals surface area contributed by atoms with Crippen LogP contribution in [0, 0.1) is 13.8 Å². The van der Waals surface area contributed by atoms with Crippen LogP contribution in [-0.2, 0) is 9.59 Å². The van der Waals surface area contributed by atoms with Crippen LogP contribution >= 0.6 is 24.0 Å². The third-order valence-corrected chi connectivity index (χ3v) is 5.79. The van der Waals surface area contributed by atoms with Crippen molar-refractivity contribution in [3.63, 3.8) is 0 Å². The molecule has 124 valence electrons. The Bertz CT molecular complexity index is 631. The fourth-order valence-electron chi connectivity index (χ4n) is 2.46. The number of carbonyl (C=O) groups is 2. The summed E-state index contributed by atoms with van der Waals surface area (Å²) in [7, 11) is 0. The molecule has 0 aliphatic carbocycles. The molecule has 1 saturated heterocycles. The van der Waals surface area contributed by atoms with Gasteiger partial charge in [-0.05, 0) is 43.9 Å². The van der Waals surface area contributed by atoms with Crippen LogP contribution in [0.5, 0.6) is 0 Å². The molecule has 1 aromatic rings. The predicted octanol–water partition coefficient (Wildman–Crippen LogP) is 3.66. The fourth-order valence-corrected chi connectivity index (χ4v) is 3.93. The van der Waals surface area contributed by atoms with Crippen molar-refractivity contribution in [2.75, 3.05) is 11.9 Å². The van der Waals surface area contributed by atoms with E-state index in [0.717, 1.165) is 23.2 Å². The van der Waals surface area contributed by atoms with E-state index in [0.29, 0.717) is 23.7 Å². The zero-order valence-electron chi connectivity index (χ0n) is 13.7. The molecule has 0 spiro atoms. The minimum atomic E-state index is -0.0497. The quantitative estimate of drug-likeness (QED) is 0.796. The normalized spacial score (nSPS) is 17.7. The lowest BCUT2D eigenvalue weighted by molar-refractivity contribution is -0.126. The first-order valence-corrected chi connectivity index (χ1v) is 9.11. The van der Waals surface area contributed by atoms with E-state index in [1.165, 1.54) is 11.8 Å². The number of amides is 2. The first-order valence-electron chi connectivity index (χ1n) is 7.82. The van der Waals surface area contributed by atoms with Crippen LogP contribution in [0.4, 0.5) is 5.69 Å². The maximum absolute atomic E-state index is 12.1. The first kappa shape index (κ1) is 17.9. The highest BCUT2D eigenvalue weighted by atomic mass is 32.2. The molecule has 1 heterocycles. The minimum absolute atomic E-state index is 0.0315. The van der Waals surface area contributed by atoms with E-state index in [-0.39, 0.29) is 17.1 Å². The summed E-state index contributed by atoms with van der Waals surface area (Å²) in [6.07, 6.45) is 1.77. The number of thiocarbonyl (C=S) groups is 1. The summed E-state index contributed by atoms with van der Waals surface area (Å²) < 4.78 is 0.636. The van der Waals surface area contributed by atoms with Gasteiger partial charge in [-0.2, -0.15) is 0 Å². The van der Waals surface area contributed by atoms with Crippen LogP contribution in [0.25, 0.3) is 0 Å². The topological polar surface area (TPSA) is 49.4 Å². The lowest BCUT2D eigenvalue weighted by atomic mass is 10.1. The van der Waals surface area contributed by atoms with Gasteiger partial charge in [-0.25, -0.2) is 0 Å². The molecule has 4 nitrogen and oxygen atoms in total. The Kier molecular flexibility index (Phi) is 6.18. The molecule has 1 N–H and O–H groups in total. The van der Waals surface area contributed by atoms with Crippen LogP contribution in [-0.4, -0.2) is 32.8 Å². The molecule has 1 fully saturated rings. The van der Waals surface area contributed by atoms with Crippen molar-refractivity contribution in [2.24, 2.45) is 0 Å². The van der Waals surface area contributed by atoms with Crippen LogP contribution in [0.15, 0.2) is 18.2 Å². The lowest BCUT2D eigenvalue weighted by Gasteiger charge is -2.15. The van der Waals surface area contributed by atoms with Gasteiger partial charge in [0.25, 0.3) is 0 Å². The molecule has 2 rings (SSSR count). The number of hydrogen-bond donors (Lipinski definition) is 1. The molecule has 2 amide bonds. The summed E-state index contributed by atoms with van der Waals surface area (Å²) in [6.45, 7) is 6.52. The summed E-state index contributed by atoms with van der Waals surface area (Å²) in [5.41, 5.74) is 3.08. The van der Waals surface area contributed by atoms with E-state index >= 15 is 0 Å². The van der Waals surface area contributed by atoms with Gasteiger partial charge in [-0.15, -0.1) is 0 Å². The monoisotopic (exact) mass is 350 g/mol. The van der Waals surface area contributed by atoms with Crippen molar-refractivity contribution in [1.82, 2.24) is 4.90 Å². The molecule has 1 aliphatic heterocycles. The van der Waals surface area contributed by atoms with E-state index in [9.17, 15) is 9.59 Å². The van der Waals surface area contributed by atoms with E-state index < -0.39 is 0 Å². The third-order valence-electron chi connectivity index (χ3n) is 4.04. The Labute approximate surface area is 147 Å². The molecular weight excluding hydrogens is 328 g/mol. The molecule has 6 heteroatoms. The molecule has 1 aliphatic rings. The number of hydrogen-bond acceptors (Lipinski definition) is 4. The van der Waals surface area contributed by atoms with Crippen LogP contribution in [0.2, 0.25) is 0 Å². The SMILES string of the molecule is CCC1SC(=S)N(CCCC(=O)Nc2cccc(C)c2C)C1=O. The Morgan fingerprint density at radius 3 is 2.78 bits per heavy atom. The van der Waals surface area contributed by atoms with Crippen molar-refractivity contribution >= 4 is 45.8 Å². The van der Waals surface area contributed by atoms with Crippen molar-refractivity contribution in [1.29, 1.82) is 0 Å². The Hall–Kier alpha value is -1.40. The summed E-state index contributed by atoms with van der Waals surface area (Å²) in [5.74, 6) is 0.0494. The van der Waals surface area contributed by atoms with Gasteiger partial charge in [-0.3, -0.25) is 14.5 Å². The number of thioether (sulfide) groups is 1. The molecule has 1 unspecified atom stereocenters. The van der Waals surface area contributed by atoms with Gasteiger partial charge in [-0.1, -0.05) is 43.0 Å². The number of benzene rings is 1. The summed E-state index contributed by atoms with van der Waals surface area (Å²) in [4.78, 5) is 25.8. The average molecular weight is 351 g/mol. The molecule has 1 atom stereocenters. The second-order valence-electron chi connectivity index (χ2n) is 5.67. The van der Waals surface area contributed by atoms with E-state index in [4.69, 9.17) is 12.2 Å². The van der Waals surface area contributed by atoms with Crippen LogP contribution < -0.4 is 5.32 Å². The summed E-state index contributed by atoms with van der Waals surface area (Å²) in [6, 6.07) is 5.86. The Morgan fingerprint density at radius 1 is 1.39 bits per heavy atom. The highest BCUT2D eigenvalue weighted by molar-refractivity contribution is 8.24. The van der Waals surface area contributed by atoms with Gasteiger partial charge in [0.2, 0.25) is 11.8 Å².